The summed E-state index contributed by atoms with van der Waals surface area (Å²) >= 11 is 0. The lowest BCUT2D eigenvalue weighted by Crippen LogP contribution is -2.12. The zero-order valence-electron chi connectivity index (χ0n) is 10.9. The maximum Gasteiger partial charge on any atom is 0.248 e. The molecular formula is C15H14F2N2O. The Labute approximate surface area is 115 Å². The number of nitrogens with two attached hydrogens (primary N) is 1. The van der Waals surface area contributed by atoms with Gasteiger partial charge in [0.1, 0.15) is 11.6 Å². The first-order valence-electron chi connectivity index (χ1n) is 6.08. The summed E-state index contributed by atoms with van der Waals surface area (Å²) in [6, 6.07) is 9.65. The molecule has 0 heterocycles. The Morgan fingerprint density at radius 3 is 2.60 bits per heavy atom. The minimum absolute atomic E-state index is 0.343. The number of primary amides is 1. The number of carbonyl (C=O) groups is 1. The quantitative estimate of drug-likeness (QED) is 0.900. The van der Waals surface area contributed by atoms with Gasteiger partial charge in [-0.1, -0.05) is 12.1 Å². The predicted molar refractivity (Wildman–Crippen MR) is 73.4 cm³/mol. The van der Waals surface area contributed by atoms with Crippen LogP contribution >= 0.6 is 0 Å². The fourth-order valence-corrected chi connectivity index (χ4v) is 1.94. The summed E-state index contributed by atoms with van der Waals surface area (Å²) < 4.78 is 26.5. The molecule has 2 rings (SSSR count). The van der Waals surface area contributed by atoms with Crippen LogP contribution in [0.15, 0.2) is 42.5 Å². The summed E-state index contributed by atoms with van der Waals surface area (Å²) in [5.41, 5.74) is 6.54. The normalized spacial score (nSPS) is 11.9. The highest BCUT2D eigenvalue weighted by molar-refractivity contribution is 5.93. The molecule has 0 saturated heterocycles. The van der Waals surface area contributed by atoms with Crippen LogP contribution < -0.4 is 11.1 Å². The van der Waals surface area contributed by atoms with Gasteiger partial charge >= 0.3 is 0 Å². The molecule has 0 unspecified atom stereocenters. The third-order valence-electron chi connectivity index (χ3n) is 2.96. The van der Waals surface area contributed by atoms with Crippen LogP contribution in [0.5, 0.6) is 0 Å². The lowest BCUT2D eigenvalue weighted by molar-refractivity contribution is 0.100. The first-order chi connectivity index (χ1) is 9.47. The topological polar surface area (TPSA) is 55.1 Å². The molecule has 0 aliphatic carbocycles. The average molecular weight is 276 g/mol. The van der Waals surface area contributed by atoms with E-state index in [4.69, 9.17) is 5.73 Å². The van der Waals surface area contributed by atoms with Gasteiger partial charge in [0.15, 0.2) is 0 Å². The second-order valence-electron chi connectivity index (χ2n) is 4.48. The standard InChI is InChI=1S/C15H14F2N2O/c1-9(13-6-5-11(16)8-14(13)17)19-12-4-2-3-10(7-12)15(18)20/h2-9,19H,1H3,(H2,18,20)/t9-/m0/s1. The molecule has 0 saturated carbocycles. The number of benzene rings is 2. The molecule has 0 aromatic heterocycles. The van der Waals surface area contributed by atoms with Gasteiger partial charge in [-0.15, -0.1) is 0 Å². The van der Waals surface area contributed by atoms with Gasteiger partial charge in [-0.2, -0.15) is 0 Å². The Kier molecular flexibility index (Phi) is 3.98. The van der Waals surface area contributed by atoms with Crippen LogP contribution in [0.4, 0.5) is 14.5 Å². The van der Waals surface area contributed by atoms with Crippen molar-refractivity contribution in [1.82, 2.24) is 0 Å². The first-order valence-corrected chi connectivity index (χ1v) is 6.08. The van der Waals surface area contributed by atoms with Crippen molar-refractivity contribution in [2.24, 2.45) is 5.73 Å². The third kappa shape index (κ3) is 3.12. The monoisotopic (exact) mass is 276 g/mol. The van der Waals surface area contributed by atoms with Crippen molar-refractivity contribution in [2.75, 3.05) is 5.32 Å². The van der Waals surface area contributed by atoms with Crippen LogP contribution in [0.25, 0.3) is 0 Å². The van der Waals surface area contributed by atoms with Crippen LogP contribution in [-0.2, 0) is 0 Å². The maximum atomic E-state index is 13.7. The number of carbonyl (C=O) groups excluding carboxylic acids is 1. The molecule has 0 radical (unpaired) electrons. The molecule has 2 aromatic carbocycles. The van der Waals surface area contributed by atoms with E-state index in [1.807, 2.05) is 0 Å². The number of halogens is 2. The Morgan fingerprint density at radius 1 is 1.20 bits per heavy atom. The van der Waals surface area contributed by atoms with Gasteiger partial charge in [0.05, 0.1) is 6.04 Å². The minimum atomic E-state index is -0.617. The van der Waals surface area contributed by atoms with Crippen LogP contribution in [0.3, 0.4) is 0 Å². The van der Waals surface area contributed by atoms with E-state index in [0.29, 0.717) is 16.8 Å². The van der Waals surface area contributed by atoms with E-state index in [9.17, 15) is 13.6 Å². The summed E-state index contributed by atoms with van der Waals surface area (Å²) in [4.78, 5) is 11.1. The molecule has 104 valence electrons. The van der Waals surface area contributed by atoms with Crippen molar-refractivity contribution in [1.29, 1.82) is 0 Å². The largest absolute Gasteiger partial charge is 0.378 e. The van der Waals surface area contributed by atoms with E-state index >= 15 is 0 Å². The van der Waals surface area contributed by atoms with E-state index in [0.717, 1.165) is 6.07 Å². The molecule has 0 bridgehead atoms. The smallest absolute Gasteiger partial charge is 0.248 e. The van der Waals surface area contributed by atoms with Crippen molar-refractivity contribution < 1.29 is 13.6 Å². The molecule has 0 fully saturated rings. The zero-order valence-corrected chi connectivity index (χ0v) is 10.9. The van der Waals surface area contributed by atoms with E-state index < -0.39 is 17.5 Å². The number of hydrogen-bond acceptors (Lipinski definition) is 2. The molecule has 1 atom stereocenters. The SMILES string of the molecule is C[C@H](Nc1cccc(C(N)=O)c1)c1ccc(F)cc1F. The van der Waals surface area contributed by atoms with Crippen LogP contribution in [-0.4, -0.2) is 5.91 Å². The van der Waals surface area contributed by atoms with Crippen molar-refractivity contribution in [3.8, 4) is 0 Å². The van der Waals surface area contributed by atoms with E-state index in [1.54, 1.807) is 31.2 Å². The first kappa shape index (κ1) is 14.0. The van der Waals surface area contributed by atoms with Crippen molar-refractivity contribution >= 4 is 11.6 Å². The summed E-state index contributed by atoms with van der Waals surface area (Å²) in [6.07, 6.45) is 0. The highest BCUT2D eigenvalue weighted by atomic mass is 19.1. The Balaban J connectivity index is 2.21. The molecule has 2 aromatic rings. The van der Waals surface area contributed by atoms with Gasteiger partial charge in [-0.3, -0.25) is 4.79 Å². The van der Waals surface area contributed by atoms with Crippen LogP contribution in [0.1, 0.15) is 28.9 Å². The fourth-order valence-electron chi connectivity index (χ4n) is 1.94. The highest BCUT2D eigenvalue weighted by Gasteiger charge is 2.12. The molecule has 0 aliphatic heterocycles. The lowest BCUT2D eigenvalue weighted by atomic mass is 10.1. The van der Waals surface area contributed by atoms with Gasteiger partial charge in [0.25, 0.3) is 0 Å². The molecular weight excluding hydrogens is 262 g/mol. The van der Waals surface area contributed by atoms with E-state index in [1.165, 1.54) is 12.1 Å². The van der Waals surface area contributed by atoms with E-state index in [-0.39, 0.29) is 6.04 Å². The Bertz CT molecular complexity index is 644. The summed E-state index contributed by atoms with van der Waals surface area (Å²) in [6.45, 7) is 1.74. The molecule has 5 heteroatoms. The van der Waals surface area contributed by atoms with Gasteiger partial charge in [0.2, 0.25) is 5.91 Å². The zero-order chi connectivity index (χ0) is 14.7. The molecule has 20 heavy (non-hydrogen) atoms. The van der Waals surface area contributed by atoms with Crippen molar-refractivity contribution in [3.05, 3.63) is 65.2 Å². The second kappa shape index (κ2) is 5.69. The van der Waals surface area contributed by atoms with Crippen molar-refractivity contribution in [2.45, 2.75) is 13.0 Å². The third-order valence-corrected chi connectivity index (χ3v) is 2.96. The number of rotatable bonds is 4. The van der Waals surface area contributed by atoms with Gasteiger partial charge in [0, 0.05) is 22.9 Å². The Morgan fingerprint density at radius 2 is 1.95 bits per heavy atom. The van der Waals surface area contributed by atoms with Crippen molar-refractivity contribution in [3.63, 3.8) is 0 Å². The summed E-state index contributed by atoms with van der Waals surface area (Å²) in [5, 5.41) is 3.04. The average Bonchev–Trinajstić information content (AvgIpc) is 2.38. The Hall–Kier alpha value is -2.43. The molecule has 1 amide bonds. The summed E-state index contributed by atoms with van der Waals surface area (Å²) in [7, 11) is 0. The van der Waals surface area contributed by atoms with Gasteiger partial charge in [-0.25, -0.2) is 8.78 Å². The molecule has 0 spiro atoms. The van der Waals surface area contributed by atoms with E-state index in [2.05, 4.69) is 5.32 Å². The number of nitrogens with one attached hydrogen (secondary N) is 1. The molecule has 3 N–H and O–H groups in total. The number of anilines is 1. The number of amides is 1. The summed E-state index contributed by atoms with van der Waals surface area (Å²) in [5.74, 6) is -1.76. The van der Waals surface area contributed by atoms with Gasteiger partial charge in [-0.05, 0) is 31.2 Å². The van der Waals surface area contributed by atoms with Crippen LogP contribution in [0, 0.1) is 11.6 Å². The lowest BCUT2D eigenvalue weighted by Gasteiger charge is -2.16. The van der Waals surface area contributed by atoms with Crippen LogP contribution in [0.2, 0.25) is 0 Å². The fraction of sp³-hybridized carbons (Fsp3) is 0.133. The predicted octanol–water partition coefficient (Wildman–Crippen LogP) is 3.24. The minimum Gasteiger partial charge on any atom is -0.378 e. The second-order valence-corrected chi connectivity index (χ2v) is 4.48. The molecule has 3 nitrogen and oxygen atoms in total. The molecule has 0 aliphatic rings. The number of hydrogen-bond donors (Lipinski definition) is 2. The maximum absolute atomic E-state index is 13.7. The highest BCUT2D eigenvalue weighted by Crippen LogP contribution is 2.22. The van der Waals surface area contributed by atoms with Gasteiger partial charge < -0.3 is 11.1 Å².